The van der Waals surface area contributed by atoms with Gasteiger partial charge in [-0.2, -0.15) is 0 Å². The van der Waals surface area contributed by atoms with E-state index in [-0.39, 0.29) is 5.91 Å². The van der Waals surface area contributed by atoms with Crippen LogP contribution in [0.5, 0.6) is 0 Å². The monoisotopic (exact) mass is 335 g/mol. The van der Waals surface area contributed by atoms with Crippen molar-refractivity contribution in [2.45, 2.75) is 46.2 Å². The molecule has 0 aliphatic rings. The lowest BCUT2D eigenvalue weighted by Gasteiger charge is -2.10. The van der Waals surface area contributed by atoms with Gasteiger partial charge in [-0.1, -0.05) is 49.6 Å². The Bertz CT molecular complexity index is 866. The van der Waals surface area contributed by atoms with Crippen molar-refractivity contribution in [3.63, 3.8) is 0 Å². The summed E-state index contributed by atoms with van der Waals surface area (Å²) in [6, 6.07) is 15.8. The molecule has 1 aromatic heterocycles. The normalized spacial score (nSPS) is 11.0. The van der Waals surface area contributed by atoms with E-state index < -0.39 is 0 Å². The number of carbonyl (C=O) groups excluding carboxylic acids is 1. The van der Waals surface area contributed by atoms with Gasteiger partial charge < -0.3 is 9.88 Å². The van der Waals surface area contributed by atoms with Crippen LogP contribution in [-0.4, -0.2) is 15.5 Å². The van der Waals surface area contributed by atoms with Crippen molar-refractivity contribution in [2.75, 3.05) is 0 Å². The molecule has 0 spiro atoms. The summed E-state index contributed by atoms with van der Waals surface area (Å²) >= 11 is 0. The maximum atomic E-state index is 12.4. The van der Waals surface area contributed by atoms with E-state index in [4.69, 9.17) is 4.98 Å². The van der Waals surface area contributed by atoms with E-state index in [2.05, 4.69) is 22.9 Å². The number of amides is 1. The molecule has 25 heavy (non-hydrogen) atoms. The van der Waals surface area contributed by atoms with E-state index in [0.29, 0.717) is 12.1 Å². The van der Waals surface area contributed by atoms with Crippen molar-refractivity contribution in [3.8, 4) is 0 Å². The average molecular weight is 335 g/mol. The first-order chi connectivity index (χ1) is 12.2. The second kappa shape index (κ2) is 7.97. The number of imidazole rings is 1. The van der Waals surface area contributed by atoms with Gasteiger partial charge in [0, 0.05) is 12.1 Å². The number of benzene rings is 2. The number of aromatic nitrogens is 2. The number of aryl methyl sites for hydroxylation is 2. The second-order valence-electron chi connectivity index (χ2n) is 6.43. The molecule has 0 atom stereocenters. The fourth-order valence-corrected chi connectivity index (χ4v) is 3.08. The van der Waals surface area contributed by atoms with Crippen LogP contribution in [0.2, 0.25) is 0 Å². The van der Waals surface area contributed by atoms with Gasteiger partial charge in [0.25, 0.3) is 5.91 Å². The zero-order valence-electron chi connectivity index (χ0n) is 15.0. The molecule has 0 fully saturated rings. The van der Waals surface area contributed by atoms with Crippen LogP contribution in [0.4, 0.5) is 0 Å². The molecule has 2 aromatic carbocycles. The Labute approximate surface area is 148 Å². The van der Waals surface area contributed by atoms with Gasteiger partial charge in [0.1, 0.15) is 5.82 Å². The van der Waals surface area contributed by atoms with Gasteiger partial charge in [-0.25, -0.2) is 4.98 Å². The summed E-state index contributed by atoms with van der Waals surface area (Å²) in [5.41, 5.74) is 3.89. The molecule has 0 unspecified atom stereocenters. The van der Waals surface area contributed by atoms with Crippen molar-refractivity contribution < 1.29 is 4.79 Å². The molecule has 0 radical (unpaired) electrons. The van der Waals surface area contributed by atoms with Gasteiger partial charge in [0.2, 0.25) is 0 Å². The first-order valence-corrected chi connectivity index (χ1v) is 8.98. The molecule has 3 rings (SSSR count). The number of para-hydroxylation sites is 2. The number of nitrogens with zero attached hydrogens (tertiary/aromatic N) is 2. The Kier molecular flexibility index (Phi) is 5.49. The lowest BCUT2D eigenvalue weighted by molar-refractivity contribution is 0.0949. The maximum absolute atomic E-state index is 12.4. The quantitative estimate of drug-likeness (QED) is 0.648. The molecule has 4 heteroatoms. The number of carbonyl (C=O) groups is 1. The standard InChI is InChI=1S/C21H25N3O/c1-3-4-7-13-24-19-12-6-5-11-18(19)23-20(24)15-22-21(25)17-10-8-9-16(2)14-17/h5-6,8-12,14H,3-4,7,13,15H2,1-2H3,(H,22,25). The molecule has 0 aliphatic carbocycles. The van der Waals surface area contributed by atoms with E-state index in [1.54, 1.807) is 0 Å². The van der Waals surface area contributed by atoms with Crippen LogP contribution in [0.15, 0.2) is 48.5 Å². The van der Waals surface area contributed by atoms with E-state index in [0.717, 1.165) is 35.4 Å². The van der Waals surface area contributed by atoms with Gasteiger partial charge in [-0.15, -0.1) is 0 Å². The molecule has 130 valence electrons. The smallest absolute Gasteiger partial charge is 0.251 e. The Morgan fingerprint density at radius 3 is 2.76 bits per heavy atom. The molecular formula is C21H25N3O. The minimum absolute atomic E-state index is 0.0594. The van der Waals surface area contributed by atoms with Crippen LogP contribution in [0.3, 0.4) is 0 Å². The zero-order chi connectivity index (χ0) is 17.6. The number of unbranched alkanes of at least 4 members (excludes halogenated alkanes) is 2. The van der Waals surface area contributed by atoms with Crippen molar-refractivity contribution in [3.05, 3.63) is 65.5 Å². The summed E-state index contributed by atoms with van der Waals surface area (Å²) < 4.78 is 2.24. The SMILES string of the molecule is CCCCCn1c(CNC(=O)c2cccc(C)c2)nc2ccccc21. The van der Waals surface area contributed by atoms with Gasteiger partial charge in [-0.3, -0.25) is 4.79 Å². The number of rotatable bonds is 7. The van der Waals surface area contributed by atoms with Crippen molar-refractivity contribution >= 4 is 16.9 Å². The zero-order valence-corrected chi connectivity index (χ0v) is 15.0. The number of hydrogen-bond donors (Lipinski definition) is 1. The maximum Gasteiger partial charge on any atom is 0.251 e. The fourth-order valence-electron chi connectivity index (χ4n) is 3.08. The second-order valence-corrected chi connectivity index (χ2v) is 6.43. The van der Waals surface area contributed by atoms with Crippen LogP contribution in [0, 0.1) is 6.92 Å². The van der Waals surface area contributed by atoms with Crippen LogP contribution >= 0.6 is 0 Å². The van der Waals surface area contributed by atoms with E-state index >= 15 is 0 Å². The summed E-state index contributed by atoms with van der Waals surface area (Å²) in [4.78, 5) is 17.1. The van der Waals surface area contributed by atoms with Crippen molar-refractivity contribution in [1.82, 2.24) is 14.9 Å². The predicted molar refractivity (Wildman–Crippen MR) is 102 cm³/mol. The third-order valence-corrected chi connectivity index (χ3v) is 4.41. The first kappa shape index (κ1) is 17.2. The van der Waals surface area contributed by atoms with Crippen LogP contribution in [0.25, 0.3) is 11.0 Å². The largest absolute Gasteiger partial charge is 0.345 e. The third kappa shape index (κ3) is 4.08. The highest BCUT2D eigenvalue weighted by atomic mass is 16.1. The summed E-state index contributed by atoms with van der Waals surface area (Å²) in [6.45, 7) is 5.57. The third-order valence-electron chi connectivity index (χ3n) is 4.41. The summed E-state index contributed by atoms with van der Waals surface area (Å²) in [5.74, 6) is 0.856. The molecule has 0 saturated heterocycles. The summed E-state index contributed by atoms with van der Waals surface area (Å²) in [7, 11) is 0. The first-order valence-electron chi connectivity index (χ1n) is 8.98. The fraction of sp³-hybridized carbons (Fsp3) is 0.333. The number of fused-ring (bicyclic) bond motifs is 1. The molecule has 0 bridgehead atoms. The molecule has 4 nitrogen and oxygen atoms in total. The van der Waals surface area contributed by atoms with Crippen molar-refractivity contribution in [2.24, 2.45) is 0 Å². The summed E-state index contributed by atoms with van der Waals surface area (Å²) in [5, 5.41) is 3.01. The average Bonchev–Trinajstić information content (AvgIpc) is 2.98. The minimum atomic E-state index is -0.0594. The highest BCUT2D eigenvalue weighted by Gasteiger charge is 2.12. The molecule has 1 amide bonds. The van der Waals surface area contributed by atoms with Gasteiger partial charge in [0.15, 0.2) is 0 Å². The predicted octanol–water partition coefficient (Wildman–Crippen LogP) is 4.46. The Morgan fingerprint density at radius 2 is 1.96 bits per heavy atom. The lowest BCUT2D eigenvalue weighted by Crippen LogP contribution is -2.24. The number of nitrogens with one attached hydrogen (secondary N) is 1. The van der Waals surface area contributed by atoms with E-state index in [9.17, 15) is 4.79 Å². The Balaban J connectivity index is 1.78. The molecule has 1 heterocycles. The van der Waals surface area contributed by atoms with Crippen LogP contribution < -0.4 is 5.32 Å². The highest BCUT2D eigenvalue weighted by Crippen LogP contribution is 2.17. The van der Waals surface area contributed by atoms with Crippen LogP contribution in [-0.2, 0) is 13.1 Å². The topological polar surface area (TPSA) is 46.9 Å². The highest BCUT2D eigenvalue weighted by molar-refractivity contribution is 5.94. The summed E-state index contributed by atoms with van der Waals surface area (Å²) in [6.07, 6.45) is 3.50. The lowest BCUT2D eigenvalue weighted by atomic mass is 10.1. The number of hydrogen-bond acceptors (Lipinski definition) is 2. The minimum Gasteiger partial charge on any atom is -0.345 e. The van der Waals surface area contributed by atoms with E-state index in [1.165, 1.54) is 12.8 Å². The molecular weight excluding hydrogens is 310 g/mol. The molecule has 1 N–H and O–H groups in total. The Morgan fingerprint density at radius 1 is 1.12 bits per heavy atom. The van der Waals surface area contributed by atoms with Crippen molar-refractivity contribution in [1.29, 1.82) is 0 Å². The Hall–Kier alpha value is -2.62. The molecule has 3 aromatic rings. The molecule has 0 aliphatic heterocycles. The van der Waals surface area contributed by atoms with Gasteiger partial charge in [-0.05, 0) is 37.6 Å². The van der Waals surface area contributed by atoms with Crippen LogP contribution in [0.1, 0.15) is 47.9 Å². The van der Waals surface area contributed by atoms with Gasteiger partial charge >= 0.3 is 0 Å². The molecule has 0 saturated carbocycles. The van der Waals surface area contributed by atoms with Gasteiger partial charge in [0.05, 0.1) is 17.6 Å². The van der Waals surface area contributed by atoms with E-state index in [1.807, 2.05) is 49.4 Å².